The van der Waals surface area contributed by atoms with Crippen molar-refractivity contribution in [2.45, 2.75) is 76.2 Å². The van der Waals surface area contributed by atoms with Crippen molar-refractivity contribution in [1.82, 2.24) is 0 Å². The molecule has 37 heavy (non-hydrogen) atoms. The van der Waals surface area contributed by atoms with Crippen molar-refractivity contribution >= 4 is 0 Å². The summed E-state index contributed by atoms with van der Waals surface area (Å²) in [6.45, 7) is 31.0. The van der Waals surface area contributed by atoms with Crippen LogP contribution in [0.5, 0.6) is 0 Å². The van der Waals surface area contributed by atoms with Crippen LogP contribution in [0, 0.1) is 125 Å². The Bertz CT molecular complexity index is 745. The van der Waals surface area contributed by atoms with Gasteiger partial charge < -0.3 is 5.21 Å². The monoisotopic (exact) mass is 715 g/mol. The Labute approximate surface area is 262 Å². The molecule has 2 aromatic rings. The second kappa shape index (κ2) is 17.0. The SMILES string of the molecule is C[C]1[C](C)[C](C)[C](C)[C]1C.C[C]1[C](C)[C](C)[C](C)[C]1C.[CH2-]c1cccc(C)[n+]1[O-].[CH2-]c1ccccc1.[Th+4]. The molecule has 2 nitrogen and oxygen atoms in total. The number of aromatic nitrogens is 1. The second-order valence-electron chi connectivity index (χ2n) is 9.69. The molecule has 3 heteroatoms. The van der Waals surface area contributed by atoms with Gasteiger partial charge in [-0.15, -0.1) is 24.3 Å². The van der Waals surface area contributed by atoms with Crippen LogP contribution in [0.3, 0.4) is 0 Å². The molecule has 1 heterocycles. The summed E-state index contributed by atoms with van der Waals surface area (Å²) < 4.78 is 0.806. The molecular weight excluding hydrogens is 670 g/mol. The summed E-state index contributed by atoms with van der Waals surface area (Å²) >= 11 is 0. The first-order valence-electron chi connectivity index (χ1n) is 12.5. The molecule has 0 atom stereocenters. The molecule has 0 N–H and O–H groups in total. The molecule has 2 fully saturated rings. The molecule has 0 amide bonds. The molecule has 1 aromatic carbocycles. The zero-order valence-electron chi connectivity index (χ0n) is 24.9. The quantitative estimate of drug-likeness (QED) is 0.153. The van der Waals surface area contributed by atoms with Crippen molar-refractivity contribution in [1.29, 1.82) is 0 Å². The number of benzene rings is 1. The predicted molar refractivity (Wildman–Crippen MR) is 155 cm³/mol. The summed E-state index contributed by atoms with van der Waals surface area (Å²) in [5, 5.41) is 10.8. The predicted octanol–water partition coefficient (Wildman–Crippen LogP) is 8.62. The van der Waals surface area contributed by atoms with Gasteiger partial charge in [0.2, 0.25) is 0 Å². The average molecular weight is 716 g/mol. The van der Waals surface area contributed by atoms with E-state index >= 15 is 0 Å². The summed E-state index contributed by atoms with van der Waals surface area (Å²) in [6, 6.07) is 15.1. The summed E-state index contributed by atoms with van der Waals surface area (Å²) in [5.74, 6) is 14.7. The molecule has 2 saturated carbocycles. The fourth-order valence-corrected chi connectivity index (χ4v) is 3.95. The Morgan fingerprint density at radius 2 is 0.757 bits per heavy atom. The van der Waals surface area contributed by atoms with E-state index in [4.69, 9.17) is 0 Å². The first-order chi connectivity index (χ1) is 16.7. The van der Waals surface area contributed by atoms with Crippen LogP contribution >= 0.6 is 0 Å². The Morgan fingerprint density at radius 3 is 0.946 bits per heavy atom. The second-order valence-corrected chi connectivity index (χ2v) is 9.69. The van der Waals surface area contributed by atoms with E-state index in [9.17, 15) is 5.21 Å². The molecule has 10 radical (unpaired) electrons. The molecule has 0 spiro atoms. The fourth-order valence-electron chi connectivity index (χ4n) is 3.95. The van der Waals surface area contributed by atoms with E-state index in [0.29, 0.717) is 11.4 Å². The molecule has 4 rings (SSSR count). The Kier molecular flexibility index (Phi) is 16.7. The van der Waals surface area contributed by atoms with Gasteiger partial charge in [-0.05, 0) is 65.2 Å². The Morgan fingerprint density at radius 1 is 0.459 bits per heavy atom. The minimum atomic E-state index is 0. The maximum Gasteiger partial charge on any atom is 4.00 e. The number of aryl methyl sites for hydroxylation is 1. The van der Waals surface area contributed by atoms with Gasteiger partial charge in [-0.3, -0.25) is 0 Å². The number of rotatable bonds is 0. The van der Waals surface area contributed by atoms with E-state index in [1.165, 1.54) is 59.2 Å². The maximum absolute atomic E-state index is 10.8. The van der Waals surface area contributed by atoms with Gasteiger partial charge in [0.1, 0.15) is 0 Å². The smallest absolute Gasteiger partial charge is 0.620 e. The summed E-state index contributed by atoms with van der Waals surface area (Å²) in [7, 11) is 0. The topological polar surface area (TPSA) is 26.9 Å². The van der Waals surface area contributed by atoms with Crippen molar-refractivity contribution in [3.63, 3.8) is 0 Å². The van der Waals surface area contributed by atoms with Gasteiger partial charge in [0, 0.05) is 6.92 Å². The van der Waals surface area contributed by atoms with Gasteiger partial charge >= 0.3 is 39.9 Å². The molecular formula is C34H45NOTh+2. The zero-order valence-corrected chi connectivity index (χ0v) is 29.0. The van der Waals surface area contributed by atoms with Crippen LogP contribution in [0.2, 0.25) is 0 Å². The molecule has 0 aliphatic heterocycles. The minimum Gasteiger partial charge on any atom is -0.620 e. The van der Waals surface area contributed by atoms with Crippen LogP contribution in [-0.2, 0) is 0 Å². The van der Waals surface area contributed by atoms with Gasteiger partial charge in [-0.25, -0.2) is 4.73 Å². The van der Waals surface area contributed by atoms with Gasteiger partial charge in [-0.1, -0.05) is 75.3 Å². The van der Waals surface area contributed by atoms with E-state index in [-0.39, 0.29) is 39.9 Å². The van der Waals surface area contributed by atoms with Crippen LogP contribution < -0.4 is 4.73 Å². The van der Waals surface area contributed by atoms with E-state index in [1.54, 1.807) is 19.1 Å². The first kappa shape index (κ1) is 36.2. The minimum absolute atomic E-state index is 0. The van der Waals surface area contributed by atoms with Crippen molar-refractivity contribution in [2.75, 3.05) is 0 Å². The first-order valence-corrected chi connectivity index (χ1v) is 12.5. The van der Waals surface area contributed by atoms with E-state index in [0.717, 1.165) is 10.3 Å². The van der Waals surface area contributed by atoms with Crippen LogP contribution in [0.15, 0.2) is 48.5 Å². The van der Waals surface area contributed by atoms with Crippen LogP contribution in [0.1, 0.15) is 86.2 Å². The number of nitrogens with zero attached hydrogens (tertiary/aromatic N) is 1. The Hall–Kier alpha value is -0.765. The zero-order chi connectivity index (χ0) is 27.7. The van der Waals surface area contributed by atoms with Gasteiger partial charge in [0.25, 0.3) is 0 Å². The number of hydrogen-bond acceptors (Lipinski definition) is 1. The molecule has 0 unspecified atom stereocenters. The van der Waals surface area contributed by atoms with E-state index < -0.39 is 0 Å². The Balaban J connectivity index is 0.000000466. The van der Waals surface area contributed by atoms with Gasteiger partial charge in [-0.2, -0.15) is 31.5 Å². The molecule has 2 aliphatic rings. The summed E-state index contributed by atoms with van der Waals surface area (Å²) in [6.07, 6.45) is 0. The van der Waals surface area contributed by atoms with Crippen molar-refractivity contribution in [3.8, 4) is 0 Å². The van der Waals surface area contributed by atoms with E-state index in [2.05, 4.69) is 83.1 Å². The standard InChI is InChI=1S/2C10H15.C7H8NO.C7H7.Th/c2*1-6-7(2)9(4)10(5)8(6)3;1-6-4-3-5-7(2)8(6)9;1-7-5-3-2-4-6-7;/h2*1-5H3;3-5H,1H2,2H3;2-6H,1H2;/q;;2*-1;+4. The third kappa shape index (κ3) is 10.4. The van der Waals surface area contributed by atoms with Gasteiger partial charge in [0.15, 0.2) is 5.69 Å². The van der Waals surface area contributed by atoms with Crippen molar-refractivity contribution in [3.05, 3.63) is 144 Å². The third-order valence-corrected chi connectivity index (χ3v) is 7.68. The largest absolute Gasteiger partial charge is 4.00 e. The van der Waals surface area contributed by atoms with Crippen LogP contribution in [0.25, 0.3) is 0 Å². The average Bonchev–Trinajstić information content (AvgIpc) is 3.14. The maximum atomic E-state index is 10.8. The molecule has 194 valence electrons. The normalized spacial score (nSPS) is 19.3. The fraction of sp³-hybridized carbons (Fsp3) is 0.324. The van der Waals surface area contributed by atoms with E-state index in [1.807, 2.05) is 36.4 Å². The third-order valence-electron chi connectivity index (χ3n) is 7.68. The van der Waals surface area contributed by atoms with Crippen LogP contribution in [-0.4, -0.2) is 0 Å². The summed E-state index contributed by atoms with van der Waals surface area (Å²) in [4.78, 5) is 0. The molecule has 1 aromatic heterocycles. The number of pyridine rings is 1. The summed E-state index contributed by atoms with van der Waals surface area (Å²) in [5.41, 5.74) is 2.25. The molecule has 0 saturated heterocycles. The van der Waals surface area contributed by atoms with Crippen LogP contribution in [0.4, 0.5) is 0 Å². The molecule has 0 bridgehead atoms. The molecule has 2 aliphatic carbocycles. The number of hydrogen-bond donors (Lipinski definition) is 0. The van der Waals surface area contributed by atoms with Gasteiger partial charge in [0.05, 0.1) is 5.69 Å². The van der Waals surface area contributed by atoms with Crippen molar-refractivity contribution < 1.29 is 44.7 Å². The van der Waals surface area contributed by atoms with Crippen molar-refractivity contribution in [2.24, 2.45) is 0 Å².